The molecule has 8 nitrogen and oxygen atoms in total. The highest BCUT2D eigenvalue weighted by Crippen LogP contribution is 2.38. The summed E-state index contributed by atoms with van der Waals surface area (Å²) in [6.07, 6.45) is 10.3. The van der Waals surface area contributed by atoms with Crippen LogP contribution in [-0.4, -0.2) is 42.0 Å². The highest BCUT2D eigenvalue weighted by atomic mass is 16.5. The third-order valence-corrected chi connectivity index (χ3v) is 4.41. The summed E-state index contributed by atoms with van der Waals surface area (Å²) in [4.78, 5) is 16.5. The first-order chi connectivity index (χ1) is 14.5. The van der Waals surface area contributed by atoms with Crippen molar-refractivity contribution in [3.05, 3.63) is 60.2 Å². The molecule has 156 valence electrons. The van der Waals surface area contributed by atoms with E-state index in [0.717, 1.165) is 22.3 Å². The van der Waals surface area contributed by atoms with Crippen molar-refractivity contribution in [3.63, 3.8) is 0 Å². The topological polar surface area (TPSA) is 87.5 Å². The second-order valence-electron chi connectivity index (χ2n) is 6.49. The van der Waals surface area contributed by atoms with E-state index in [-0.39, 0.29) is 5.91 Å². The normalized spacial score (nSPS) is 10.8. The van der Waals surface area contributed by atoms with Gasteiger partial charge in [0, 0.05) is 49.4 Å². The summed E-state index contributed by atoms with van der Waals surface area (Å²) < 4.78 is 17.7. The monoisotopic (exact) mass is 408 g/mol. The second kappa shape index (κ2) is 9.60. The summed E-state index contributed by atoms with van der Waals surface area (Å²) in [5.41, 5.74) is 3.56. The van der Waals surface area contributed by atoms with Gasteiger partial charge >= 0.3 is 0 Å². The van der Waals surface area contributed by atoms with Gasteiger partial charge < -0.3 is 19.5 Å². The van der Waals surface area contributed by atoms with Crippen molar-refractivity contribution in [3.8, 4) is 28.4 Å². The van der Waals surface area contributed by atoms with Gasteiger partial charge in [0.15, 0.2) is 11.5 Å². The molecule has 30 heavy (non-hydrogen) atoms. The molecule has 0 saturated heterocycles. The first-order valence-electron chi connectivity index (χ1n) is 9.23. The van der Waals surface area contributed by atoms with Crippen LogP contribution in [0.1, 0.15) is 11.1 Å². The molecule has 0 unspecified atom stereocenters. The molecule has 1 N–H and O–H groups in total. The lowest BCUT2D eigenvalue weighted by Gasteiger charge is -2.12. The molecule has 0 aliphatic heterocycles. The lowest BCUT2D eigenvalue weighted by molar-refractivity contribution is -0.116. The Morgan fingerprint density at radius 2 is 1.77 bits per heavy atom. The van der Waals surface area contributed by atoms with Crippen LogP contribution in [0.4, 0.5) is 0 Å². The summed E-state index contributed by atoms with van der Waals surface area (Å²) in [5, 5.41) is 7.03. The van der Waals surface area contributed by atoms with Gasteiger partial charge in [0.25, 0.3) is 0 Å². The average molecular weight is 408 g/mol. The van der Waals surface area contributed by atoms with Gasteiger partial charge in [-0.3, -0.25) is 14.5 Å². The smallest absolute Gasteiger partial charge is 0.244 e. The molecular formula is C22H24N4O4. The van der Waals surface area contributed by atoms with Crippen LogP contribution in [0.5, 0.6) is 17.2 Å². The van der Waals surface area contributed by atoms with Crippen LogP contribution in [0.25, 0.3) is 17.2 Å². The average Bonchev–Trinajstić information content (AvgIpc) is 3.21. The number of benzene rings is 1. The highest BCUT2D eigenvalue weighted by molar-refractivity contribution is 5.91. The van der Waals surface area contributed by atoms with Crippen LogP contribution in [0.2, 0.25) is 0 Å². The standard InChI is InChI=1S/C22H24N4O4/c1-26-14-18(13-25-26)17-7-16(10-23-12-17)11-24-21(27)6-5-15-8-19(28-2)22(30-4)20(9-15)29-3/h5-10,12-14H,11H2,1-4H3,(H,24,27)/b6-5+. The molecule has 3 rings (SSSR count). The van der Waals surface area contributed by atoms with Crippen LogP contribution in [-0.2, 0) is 18.4 Å². The van der Waals surface area contributed by atoms with Crippen LogP contribution >= 0.6 is 0 Å². The number of rotatable bonds is 8. The van der Waals surface area contributed by atoms with Gasteiger partial charge in [-0.1, -0.05) is 0 Å². The molecule has 0 aliphatic rings. The summed E-state index contributed by atoms with van der Waals surface area (Å²) in [6, 6.07) is 5.52. The Morgan fingerprint density at radius 1 is 1.03 bits per heavy atom. The molecule has 1 amide bonds. The number of carbonyl (C=O) groups excluding carboxylic acids is 1. The summed E-state index contributed by atoms with van der Waals surface area (Å²) in [5.74, 6) is 1.32. The van der Waals surface area contributed by atoms with Crippen LogP contribution in [0, 0.1) is 0 Å². The largest absolute Gasteiger partial charge is 0.493 e. The Kier molecular flexibility index (Phi) is 6.69. The number of methoxy groups -OCH3 is 3. The number of carbonyl (C=O) groups is 1. The van der Waals surface area contributed by atoms with Crippen molar-refractivity contribution in [1.82, 2.24) is 20.1 Å². The Balaban J connectivity index is 1.66. The van der Waals surface area contributed by atoms with Crippen molar-refractivity contribution in [2.75, 3.05) is 21.3 Å². The number of pyridine rings is 1. The molecule has 0 bridgehead atoms. The Labute approximate surface area is 175 Å². The Morgan fingerprint density at radius 3 is 2.37 bits per heavy atom. The number of ether oxygens (including phenoxy) is 3. The summed E-state index contributed by atoms with van der Waals surface area (Å²) in [7, 11) is 6.50. The van der Waals surface area contributed by atoms with E-state index in [0.29, 0.717) is 23.8 Å². The third-order valence-electron chi connectivity index (χ3n) is 4.41. The van der Waals surface area contributed by atoms with Crippen molar-refractivity contribution in [2.45, 2.75) is 6.54 Å². The molecule has 1 aromatic carbocycles. The van der Waals surface area contributed by atoms with E-state index >= 15 is 0 Å². The van der Waals surface area contributed by atoms with E-state index in [1.165, 1.54) is 6.08 Å². The third kappa shape index (κ3) is 4.96. The number of hydrogen-bond donors (Lipinski definition) is 1. The maximum atomic E-state index is 12.3. The Bertz CT molecular complexity index is 1030. The van der Waals surface area contributed by atoms with Gasteiger partial charge in [0.05, 0.1) is 27.5 Å². The molecule has 2 aromatic heterocycles. The molecule has 0 radical (unpaired) electrons. The van der Waals surface area contributed by atoms with E-state index in [1.807, 2.05) is 19.3 Å². The van der Waals surface area contributed by atoms with E-state index in [4.69, 9.17) is 14.2 Å². The number of hydrogen-bond acceptors (Lipinski definition) is 6. The zero-order valence-corrected chi connectivity index (χ0v) is 17.4. The number of amides is 1. The van der Waals surface area contributed by atoms with Gasteiger partial charge in [-0.05, 0) is 35.4 Å². The van der Waals surface area contributed by atoms with E-state index < -0.39 is 0 Å². The first kappa shape index (κ1) is 20.9. The molecule has 0 saturated carbocycles. The van der Waals surface area contributed by atoms with Crippen molar-refractivity contribution < 1.29 is 19.0 Å². The van der Waals surface area contributed by atoms with Crippen LogP contribution in [0.15, 0.2) is 49.1 Å². The SMILES string of the molecule is COc1cc(/C=C/C(=O)NCc2cncc(-c3cnn(C)c3)c2)cc(OC)c1OC. The minimum absolute atomic E-state index is 0.226. The summed E-state index contributed by atoms with van der Waals surface area (Å²) in [6.45, 7) is 0.361. The minimum atomic E-state index is -0.226. The van der Waals surface area contributed by atoms with Gasteiger partial charge in [0.2, 0.25) is 11.7 Å². The maximum absolute atomic E-state index is 12.3. The predicted molar refractivity (Wildman–Crippen MR) is 113 cm³/mol. The zero-order chi connectivity index (χ0) is 21.5. The fourth-order valence-electron chi connectivity index (χ4n) is 2.93. The van der Waals surface area contributed by atoms with Gasteiger partial charge in [-0.2, -0.15) is 5.10 Å². The Hall–Kier alpha value is -3.81. The molecule has 0 fully saturated rings. The van der Waals surface area contributed by atoms with Crippen molar-refractivity contribution in [2.24, 2.45) is 7.05 Å². The number of aromatic nitrogens is 3. The molecule has 3 aromatic rings. The summed E-state index contributed by atoms with van der Waals surface area (Å²) >= 11 is 0. The van der Waals surface area contributed by atoms with Crippen molar-refractivity contribution >= 4 is 12.0 Å². The first-order valence-corrected chi connectivity index (χ1v) is 9.23. The molecule has 0 aliphatic carbocycles. The lowest BCUT2D eigenvalue weighted by Crippen LogP contribution is -2.20. The zero-order valence-electron chi connectivity index (χ0n) is 17.4. The van der Waals surface area contributed by atoms with Gasteiger partial charge in [-0.25, -0.2) is 0 Å². The maximum Gasteiger partial charge on any atom is 0.244 e. The minimum Gasteiger partial charge on any atom is -0.493 e. The fourth-order valence-corrected chi connectivity index (χ4v) is 2.93. The lowest BCUT2D eigenvalue weighted by atomic mass is 10.1. The number of nitrogens with one attached hydrogen (secondary N) is 1. The quantitative estimate of drug-likeness (QED) is 0.577. The fraction of sp³-hybridized carbons (Fsp3) is 0.227. The predicted octanol–water partition coefficient (Wildman–Crippen LogP) is 2.84. The van der Waals surface area contributed by atoms with E-state index in [9.17, 15) is 4.79 Å². The highest BCUT2D eigenvalue weighted by Gasteiger charge is 2.12. The molecule has 0 spiro atoms. The molecule has 0 atom stereocenters. The van der Waals surface area contributed by atoms with E-state index in [2.05, 4.69) is 15.4 Å². The second-order valence-corrected chi connectivity index (χ2v) is 6.49. The van der Waals surface area contributed by atoms with E-state index in [1.54, 1.807) is 62.8 Å². The molecule has 2 heterocycles. The van der Waals surface area contributed by atoms with Gasteiger partial charge in [0.1, 0.15) is 0 Å². The van der Waals surface area contributed by atoms with Gasteiger partial charge in [-0.15, -0.1) is 0 Å². The molecule has 8 heteroatoms. The van der Waals surface area contributed by atoms with Crippen LogP contribution < -0.4 is 19.5 Å². The van der Waals surface area contributed by atoms with Crippen molar-refractivity contribution in [1.29, 1.82) is 0 Å². The van der Waals surface area contributed by atoms with Crippen LogP contribution in [0.3, 0.4) is 0 Å². The number of aryl methyl sites for hydroxylation is 1. The number of nitrogens with zero attached hydrogens (tertiary/aromatic N) is 3. The molecular weight excluding hydrogens is 384 g/mol.